The molecule has 0 saturated heterocycles. The Morgan fingerprint density at radius 1 is 1.00 bits per heavy atom. The van der Waals surface area contributed by atoms with E-state index in [2.05, 4.69) is 25.1 Å². The zero-order chi connectivity index (χ0) is 14.9. The summed E-state index contributed by atoms with van der Waals surface area (Å²) in [5.74, 6) is 0.803. The number of benzene rings is 2. The molecule has 21 heavy (non-hydrogen) atoms. The number of hydrogen-bond donors (Lipinski definition) is 0. The first-order valence-electron chi connectivity index (χ1n) is 7.57. The Morgan fingerprint density at radius 2 is 1.81 bits per heavy atom. The largest absolute Gasteiger partial charge is 0.493 e. The van der Waals surface area contributed by atoms with Crippen molar-refractivity contribution in [2.24, 2.45) is 0 Å². The molecule has 2 aromatic carbocycles. The summed E-state index contributed by atoms with van der Waals surface area (Å²) in [5.41, 5.74) is 2.80. The normalized spacial score (nSPS) is 10.1. The average Bonchev–Trinajstić information content (AvgIpc) is 2.55. The highest BCUT2D eigenvalue weighted by Crippen LogP contribution is 2.31. The van der Waals surface area contributed by atoms with Gasteiger partial charge in [0.2, 0.25) is 0 Å². The van der Waals surface area contributed by atoms with Crippen LogP contribution in [0.1, 0.15) is 38.2 Å². The molecule has 0 aliphatic carbocycles. The standard InChI is InChI=1S/C19H21NO/c1-2-3-4-8-13-21-19-14-16(15-20)11-12-18(19)17-9-6-5-7-10-17/h5-7,9-12,14H,2-4,8,13H2,1H3. The van der Waals surface area contributed by atoms with E-state index < -0.39 is 0 Å². The van der Waals surface area contributed by atoms with Crippen LogP contribution in [-0.4, -0.2) is 6.61 Å². The Balaban J connectivity index is 2.15. The molecule has 0 bridgehead atoms. The van der Waals surface area contributed by atoms with E-state index in [1.54, 1.807) is 0 Å². The van der Waals surface area contributed by atoms with Crippen LogP contribution in [0.15, 0.2) is 48.5 Å². The topological polar surface area (TPSA) is 33.0 Å². The molecule has 2 aromatic rings. The van der Waals surface area contributed by atoms with Crippen LogP contribution in [0.25, 0.3) is 11.1 Å². The number of unbranched alkanes of at least 4 members (excludes halogenated alkanes) is 3. The van der Waals surface area contributed by atoms with Gasteiger partial charge >= 0.3 is 0 Å². The lowest BCUT2D eigenvalue weighted by atomic mass is 10.0. The van der Waals surface area contributed by atoms with Gasteiger partial charge in [0.25, 0.3) is 0 Å². The van der Waals surface area contributed by atoms with Crippen molar-refractivity contribution in [3.8, 4) is 22.9 Å². The maximum absolute atomic E-state index is 9.06. The van der Waals surface area contributed by atoms with Crippen molar-refractivity contribution in [1.29, 1.82) is 5.26 Å². The summed E-state index contributed by atoms with van der Waals surface area (Å²) in [6, 6.07) is 18.0. The van der Waals surface area contributed by atoms with Crippen molar-refractivity contribution < 1.29 is 4.74 Å². The van der Waals surface area contributed by atoms with Crippen molar-refractivity contribution in [2.45, 2.75) is 32.6 Å². The fraction of sp³-hybridized carbons (Fsp3) is 0.316. The smallest absolute Gasteiger partial charge is 0.128 e. The van der Waals surface area contributed by atoms with Crippen LogP contribution in [0.5, 0.6) is 5.75 Å². The molecule has 0 aliphatic heterocycles. The quantitative estimate of drug-likeness (QED) is 0.654. The monoisotopic (exact) mass is 279 g/mol. The first-order chi connectivity index (χ1) is 10.3. The van der Waals surface area contributed by atoms with E-state index in [9.17, 15) is 0 Å². The van der Waals surface area contributed by atoms with Gasteiger partial charge in [-0.1, -0.05) is 56.5 Å². The van der Waals surface area contributed by atoms with Crippen LogP contribution < -0.4 is 4.74 Å². The number of ether oxygens (including phenoxy) is 1. The molecule has 0 radical (unpaired) electrons. The Bertz CT molecular complexity index is 599. The molecule has 0 fully saturated rings. The van der Waals surface area contributed by atoms with Gasteiger partial charge in [-0.15, -0.1) is 0 Å². The molecule has 0 atom stereocenters. The molecule has 0 unspecified atom stereocenters. The third kappa shape index (κ3) is 4.36. The minimum atomic E-state index is 0.637. The van der Waals surface area contributed by atoms with Gasteiger partial charge in [-0.2, -0.15) is 5.26 Å². The second-order valence-corrected chi connectivity index (χ2v) is 5.10. The van der Waals surface area contributed by atoms with E-state index in [1.165, 1.54) is 19.3 Å². The molecule has 0 aliphatic rings. The van der Waals surface area contributed by atoms with Crippen LogP contribution in [0.2, 0.25) is 0 Å². The van der Waals surface area contributed by atoms with Crippen molar-refractivity contribution in [3.05, 3.63) is 54.1 Å². The maximum atomic E-state index is 9.06. The van der Waals surface area contributed by atoms with Crippen molar-refractivity contribution in [2.75, 3.05) is 6.61 Å². The van der Waals surface area contributed by atoms with Gasteiger partial charge in [-0.25, -0.2) is 0 Å². The lowest BCUT2D eigenvalue weighted by Crippen LogP contribution is -1.99. The van der Waals surface area contributed by atoms with E-state index in [0.717, 1.165) is 23.3 Å². The van der Waals surface area contributed by atoms with Gasteiger partial charge in [-0.3, -0.25) is 0 Å². The summed E-state index contributed by atoms with van der Waals surface area (Å²) in [4.78, 5) is 0. The molecule has 2 nitrogen and oxygen atoms in total. The molecule has 2 heteroatoms. The molecule has 108 valence electrons. The van der Waals surface area contributed by atoms with E-state index in [-0.39, 0.29) is 0 Å². The van der Waals surface area contributed by atoms with Gasteiger partial charge in [0.15, 0.2) is 0 Å². The Labute approximate surface area is 127 Å². The number of hydrogen-bond acceptors (Lipinski definition) is 2. The Hall–Kier alpha value is -2.27. The molecule has 2 rings (SSSR count). The molecular formula is C19H21NO. The summed E-state index contributed by atoms with van der Waals surface area (Å²) >= 11 is 0. The third-order valence-corrected chi connectivity index (χ3v) is 3.45. The number of nitriles is 1. The van der Waals surface area contributed by atoms with Crippen LogP contribution in [-0.2, 0) is 0 Å². The zero-order valence-corrected chi connectivity index (χ0v) is 12.5. The van der Waals surface area contributed by atoms with Gasteiger partial charge < -0.3 is 4.74 Å². The molecular weight excluding hydrogens is 258 g/mol. The van der Waals surface area contributed by atoms with E-state index >= 15 is 0 Å². The van der Waals surface area contributed by atoms with Crippen molar-refractivity contribution in [3.63, 3.8) is 0 Å². The summed E-state index contributed by atoms with van der Waals surface area (Å²) in [7, 11) is 0. The summed E-state index contributed by atoms with van der Waals surface area (Å²) in [5, 5.41) is 9.06. The lowest BCUT2D eigenvalue weighted by molar-refractivity contribution is 0.306. The van der Waals surface area contributed by atoms with Crippen LogP contribution >= 0.6 is 0 Å². The first-order valence-corrected chi connectivity index (χ1v) is 7.57. The highest BCUT2D eigenvalue weighted by atomic mass is 16.5. The minimum absolute atomic E-state index is 0.637. The van der Waals surface area contributed by atoms with Gasteiger partial charge in [0.05, 0.1) is 18.2 Å². The predicted molar refractivity (Wildman–Crippen MR) is 86.2 cm³/mol. The molecule has 0 spiro atoms. The molecule has 0 heterocycles. The Morgan fingerprint density at radius 3 is 2.52 bits per heavy atom. The molecule has 0 amide bonds. The molecule has 0 saturated carbocycles. The maximum Gasteiger partial charge on any atom is 0.128 e. The van der Waals surface area contributed by atoms with Crippen LogP contribution in [0, 0.1) is 11.3 Å². The first kappa shape index (κ1) is 15.1. The molecule has 0 aromatic heterocycles. The Kier molecular flexibility index (Phi) is 5.84. The summed E-state index contributed by atoms with van der Waals surface area (Å²) < 4.78 is 5.93. The lowest BCUT2D eigenvalue weighted by Gasteiger charge is -2.12. The third-order valence-electron chi connectivity index (χ3n) is 3.45. The van der Waals surface area contributed by atoms with Gasteiger partial charge in [0.1, 0.15) is 5.75 Å². The molecule has 0 N–H and O–H groups in total. The minimum Gasteiger partial charge on any atom is -0.493 e. The highest BCUT2D eigenvalue weighted by molar-refractivity contribution is 5.71. The van der Waals surface area contributed by atoms with Crippen LogP contribution in [0.4, 0.5) is 0 Å². The number of rotatable bonds is 7. The van der Waals surface area contributed by atoms with Gasteiger partial charge in [0, 0.05) is 5.56 Å². The number of nitrogens with zero attached hydrogens (tertiary/aromatic N) is 1. The zero-order valence-electron chi connectivity index (χ0n) is 12.5. The van der Waals surface area contributed by atoms with E-state index in [1.807, 2.05) is 36.4 Å². The second kappa shape index (κ2) is 8.11. The predicted octanol–water partition coefficient (Wildman–Crippen LogP) is 5.18. The highest BCUT2D eigenvalue weighted by Gasteiger charge is 2.07. The average molecular weight is 279 g/mol. The van der Waals surface area contributed by atoms with E-state index in [4.69, 9.17) is 10.00 Å². The van der Waals surface area contributed by atoms with Crippen molar-refractivity contribution in [1.82, 2.24) is 0 Å². The SMILES string of the molecule is CCCCCCOc1cc(C#N)ccc1-c1ccccc1. The van der Waals surface area contributed by atoms with Crippen LogP contribution in [0.3, 0.4) is 0 Å². The van der Waals surface area contributed by atoms with Crippen molar-refractivity contribution >= 4 is 0 Å². The summed E-state index contributed by atoms with van der Waals surface area (Å²) in [6.07, 6.45) is 4.71. The fourth-order valence-electron chi connectivity index (χ4n) is 2.28. The van der Waals surface area contributed by atoms with Gasteiger partial charge in [-0.05, 0) is 30.2 Å². The summed E-state index contributed by atoms with van der Waals surface area (Å²) in [6.45, 7) is 2.90. The second-order valence-electron chi connectivity index (χ2n) is 5.10. The van der Waals surface area contributed by atoms with E-state index in [0.29, 0.717) is 12.2 Å². The fourth-order valence-corrected chi connectivity index (χ4v) is 2.28.